The molecular weight excluding hydrogens is 556 g/mol. The monoisotopic (exact) mass is 584 g/mol. The molecule has 46 heavy (non-hydrogen) atoms. The minimum absolute atomic E-state index is 1.20. The Kier molecular flexibility index (Phi) is 5.31. The molecule has 0 aliphatic rings. The Hall–Kier alpha value is -6.12. The second-order valence-electron chi connectivity index (χ2n) is 12.1. The van der Waals surface area contributed by atoms with E-state index in [1.54, 1.807) is 0 Å². The Morgan fingerprint density at radius 2 is 0.609 bits per heavy atom. The van der Waals surface area contributed by atoms with Gasteiger partial charge in [-0.2, -0.15) is 0 Å². The van der Waals surface area contributed by atoms with Gasteiger partial charge in [0.15, 0.2) is 0 Å². The molecule has 0 aliphatic carbocycles. The molecular formula is C44H28N2. The van der Waals surface area contributed by atoms with E-state index < -0.39 is 0 Å². The summed E-state index contributed by atoms with van der Waals surface area (Å²) >= 11 is 0. The molecule has 0 N–H and O–H groups in total. The van der Waals surface area contributed by atoms with Gasteiger partial charge in [-0.25, -0.2) is 0 Å². The summed E-state index contributed by atoms with van der Waals surface area (Å²) in [6.45, 7) is 0. The summed E-state index contributed by atoms with van der Waals surface area (Å²) < 4.78 is 4.91. The van der Waals surface area contributed by atoms with Gasteiger partial charge in [0.1, 0.15) is 0 Å². The Bertz CT molecular complexity index is 2610. The van der Waals surface area contributed by atoms with Crippen molar-refractivity contribution in [1.82, 2.24) is 9.13 Å². The highest BCUT2D eigenvalue weighted by Gasteiger charge is 2.21. The normalized spacial score (nSPS) is 11.9. The second kappa shape index (κ2) is 9.69. The second-order valence-corrected chi connectivity index (χ2v) is 12.1. The average molecular weight is 585 g/mol. The predicted molar refractivity (Wildman–Crippen MR) is 196 cm³/mol. The molecule has 214 valence electrons. The third-order valence-corrected chi connectivity index (χ3v) is 9.70. The zero-order valence-corrected chi connectivity index (χ0v) is 25.1. The maximum Gasteiger partial charge on any atom is 0.0547 e. The first-order valence-corrected chi connectivity index (χ1v) is 15.9. The minimum Gasteiger partial charge on any atom is -0.309 e. The summed E-state index contributed by atoms with van der Waals surface area (Å²) in [5, 5.41) is 10.1. The molecule has 0 unspecified atom stereocenters. The van der Waals surface area contributed by atoms with E-state index in [0.29, 0.717) is 0 Å². The van der Waals surface area contributed by atoms with Crippen LogP contribution in [-0.4, -0.2) is 9.13 Å². The van der Waals surface area contributed by atoms with Crippen LogP contribution in [0.5, 0.6) is 0 Å². The number of hydrogen-bond acceptors (Lipinski definition) is 0. The summed E-state index contributed by atoms with van der Waals surface area (Å²) in [6.07, 6.45) is 0. The maximum atomic E-state index is 2.45. The highest BCUT2D eigenvalue weighted by molar-refractivity contribution is 6.22. The fraction of sp³-hybridized carbons (Fsp3) is 0. The third kappa shape index (κ3) is 3.47. The molecule has 0 radical (unpaired) electrons. The van der Waals surface area contributed by atoms with Crippen LogP contribution in [0.15, 0.2) is 170 Å². The first-order chi connectivity index (χ1) is 22.9. The van der Waals surface area contributed by atoms with Crippen molar-refractivity contribution in [1.29, 1.82) is 0 Å². The Labute approximate surface area is 266 Å². The van der Waals surface area contributed by atoms with Gasteiger partial charge >= 0.3 is 0 Å². The number of para-hydroxylation sites is 2. The predicted octanol–water partition coefficient (Wildman–Crippen LogP) is 11.9. The van der Waals surface area contributed by atoms with Crippen molar-refractivity contribution in [3.63, 3.8) is 0 Å². The molecule has 2 aromatic heterocycles. The van der Waals surface area contributed by atoms with Crippen LogP contribution in [0.3, 0.4) is 0 Å². The first kappa shape index (κ1) is 25.2. The molecule has 2 nitrogen and oxygen atoms in total. The summed E-state index contributed by atoms with van der Waals surface area (Å²) in [7, 11) is 0. The lowest BCUT2D eigenvalue weighted by atomic mass is 9.95. The van der Waals surface area contributed by atoms with Gasteiger partial charge in [0.2, 0.25) is 0 Å². The van der Waals surface area contributed by atoms with E-state index in [0.717, 1.165) is 0 Å². The quantitative estimate of drug-likeness (QED) is 0.195. The fourth-order valence-electron chi connectivity index (χ4n) is 7.81. The maximum absolute atomic E-state index is 2.45. The number of nitrogens with zero attached hydrogens (tertiary/aromatic N) is 2. The number of aromatic nitrogens is 2. The highest BCUT2D eigenvalue weighted by Crippen LogP contribution is 2.44. The number of rotatable bonds is 3. The van der Waals surface area contributed by atoms with Crippen LogP contribution in [0.4, 0.5) is 0 Å². The summed E-state index contributed by atoms with van der Waals surface area (Å²) in [6, 6.07) is 61.9. The molecule has 0 amide bonds. The molecule has 0 aliphatic heterocycles. The van der Waals surface area contributed by atoms with E-state index in [1.165, 1.54) is 87.7 Å². The Morgan fingerprint density at radius 3 is 1.09 bits per heavy atom. The van der Waals surface area contributed by atoms with Crippen molar-refractivity contribution in [2.45, 2.75) is 0 Å². The van der Waals surface area contributed by atoms with Gasteiger partial charge in [-0.3, -0.25) is 0 Å². The summed E-state index contributed by atoms with van der Waals surface area (Å²) in [5.41, 5.74) is 9.76. The lowest BCUT2D eigenvalue weighted by molar-refractivity contribution is 1.20. The van der Waals surface area contributed by atoms with Crippen LogP contribution in [0.2, 0.25) is 0 Å². The molecule has 0 bridgehead atoms. The Morgan fingerprint density at radius 1 is 0.261 bits per heavy atom. The van der Waals surface area contributed by atoms with Crippen molar-refractivity contribution < 1.29 is 0 Å². The molecule has 0 saturated heterocycles. The van der Waals surface area contributed by atoms with Crippen LogP contribution in [-0.2, 0) is 0 Å². The van der Waals surface area contributed by atoms with Crippen molar-refractivity contribution >= 4 is 65.2 Å². The molecule has 0 fully saturated rings. The summed E-state index contributed by atoms with van der Waals surface area (Å²) in [4.78, 5) is 0. The standard InChI is InChI=1S/C44H28N2/c1-3-17-31-29(13-1)15-9-25-37(31)45-39-23-7-5-19-35(39)43-33(21-11-27-41(43)45)34-22-12-28-42-44(34)36-20-6-8-24-40(36)46(42)38-26-10-16-30-14-2-4-18-32(30)38/h1-28H. The number of fused-ring (bicyclic) bond motifs is 8. The van der Waals surface area contributed by atoms with E-state index in [1.807, 2.05) is 0 Å². The fourth-order valence-corrected chi connectivity index (χ4v) is 7.81. The number of benzene rings is 8. The molecule has 0 atom stereocenters. The first-order valence-electron chi connectivity index (χ1n) is 15.9. The molecule has 8 aromatic carbocycles. The smallest absolute Gasteiger partial charge is 0.0547 e. The minimum atomic E-state index is 1.20. The van der Waals surface area contributed by atoms with Crippen LogP contribution < -0.4 is 0 Å². The molecule has 10 rings (SSSR count). The molecule has 10 aromatic rings. The largest absolute Gasteiger partial charge is 0.309 e. The SMILES string of the molecule is c1ccc2c(-n3c4ccccc4c4c(-c5cccc6c5c5ccccc5n6-c5cccc6ccccc56)cccc43)cccc2c1. The molecule has 2 heteroatoms. The van der Waals surface area contributed by atoms with Crippen LogP contribution >= 0.6 is 0 Å². The van der Waals surface area contributed by atoms with Gasteiger partial charge in [-0.15, -0.1) is 0 Å². The van der Waals surface area contributed by atoms with Gasteiger partial charge in [-0.1, -0.05) is 133 Å². The number of hydrogen-bond donors (Lipinski definition) is 0. The Balaban J connectivity index is 1.33. The van der Waals surface area contributed by atoms with Crippen molar-refractivity contribution in [2.24, 2.45) is 0 Å². The van der Waals surface area contributed by atoms with Crippen molar-refractivity contribution in [3.05, 3.63) is 170 Å². The van der Waals surface area contributed by atoms with Gasteiger partial charge < -0.3 is 9.13 Å². The van der Waals surface area contributed by atoms with Gasteiger partial charge in [0.25, 0.3) is 0 Å². The van der Waals surface area contributed by atoms with E-state index >= 15 is 0 Å². The lowest BCUT2D eigenvalue weighted by Gasteiger charge is -2.13. The van der Waals surface area contributed by atoms with Gasteiger partial charge in [-0.05, 0) is 58.3 Å². The topological polar surface area (TPSA) is 9.86 Å². The zero-order valence-electron chi connectivity index (χ0n) is 25.1. The van der Waals surface area contributed by atoms with E-state index in [4.69, 9.17) is 0 Å². The molecule has 2 heterocycles. The lowest BCUT2D eigenvalue weighted by Crippen LogP contribution is -1.95. The van der Waals surface area contributed by atoms with E-state index in [2.05, 4.69) is 179 Å². The zero-order chi connectivity index (χ0) is 30.2. The van der Waals surface area contributed by atoms with Gasteiger partial charge in [0.05, 0.1) is 33.4 Å². The van der Waals surface area contributed by atoms with Crippen molar-refractivity contribution in [2.75, 3.05) is 0 Å². The van der Waals surface area contributed by atoms with Crippen LogP contribution in [0, 0.1) is 0 Å². The average Bonchev–Trinajstić information content (AvgIpc) is 3.64. The highest BCUT2D eigenvalue weighted by atomic mass is 15.0. The van der Waals surface area contributed by atoms with Crippen LogP contribution in [0.1, 0.15) is 0 Å². The summed E-state index contributed by atoms with van der Waals surface area (Å²) in [5.74, 6) is 0. The molecule has 0 spiro atoms. The molecule has 0 saturated carbocycles. The van der Waals surface area contributed by atoms with E-state index in [-0.39, 0.29) is 0 Å². The van der Waals surface area contributed by atoms with Crippen LogP contribution in [0.25, 0.3) is 87.7 Å². The third-order valence-electron chi connectivity index (χ3n) is 9.70. The van der Waals surface area contributed by atoms with Crippen molar-refractivity contribution in [3.8, 4) is 22.5 Å². The van der Waals surface area contributed by atoms with E-state index in [9.17, 15) is 0 Å². The van der Waals surface area contributed by atoms with Gasteiger partial charge in [0, 0.05) is 32.3 Å².